The first kappa shape index (κ1) is 10.8. The van der Waals surface area contributed by atoms with E-state index in [0.29, 0.717) is 5.95 Å². The number of aryl methyl sites for hydroxylation is 4. The quantitative estimate of drug-likeness (QED) is 0.731. The van der Waals surface area contributed by atoms with Gasteiger partial charge in [-0.2, -0.15) is 10.2 Å². The summed E-state index contributed by atoms with van der Waals surface area (Å²) in [7, 11) is 1.90. The lowest BCUT2D eigenvalue weighted by atomic mass is 10.4. The normalized spacial score (nSPS) is 11.4. The molecule has 0 saturated carbocycles. The van der Waals surface area contributed by atoms with Gasteiger partial charge in [-0.3, -0.25) is 13.9 Å². The highest BCUT2D eigenvalue weighted by Crippen LogP contribution is 2.20. The molecule has 7 heteroatoms. The zero-order valence-electron chi connectivity index (χ0n) is 10.4. The highest BCUT2D eigenvalue weighted by molar-refractivity contribution is 5.77. The molecule has 0 bridgehead atoms. The van der Waals surface area contributed by atoms with E-state index in [0.717, 1.165) is 29.9 Å². The second-order valence-corrected chi connectivity index (χ2v) is 4.27. The summed E-state index contributed by atoms with van der Waals surface area (Å²) >= 11 is 0. The molecule has 0 aliphatic rings. The molecule has 0 saturated heterocycles. The van der Waals surface area contributed by atoms with E-state index in [1.807, 2.05) is 40.2 Å². The first-order valence-electron chi connectivity index (χ1n) is 5.79. The SMILES string of the molecule is Cc1nn(C)c2c1nc(N)n2CCn1cccn1. The van der Waals surface area contributed by atoms with Gasteiger partial charge in [0.05, 0.1) is 12.2 Å². The van der Waals surface area contributed by atoms with Crippen LogP contribution in [-0.2, 0) is 20.1 Å². The Kier molecular flexibility index (Phi) is 2.32. The van der Waals surface area contributed by atoms with Gasteiger partial charge in [-0.05, 0) is 13.0 Å². The Hall–Kier alpha value is -2.31. The van der Waals surface area contributed by atoms with Gasteiger partial charge in [0, 0.05) is 26.0 Å². The maximum absolute atomic E-state index is 5.96. The Labute approximate surface area is 104 Å². The standard InChI is InChI=1S/C11H15N7/c1-8-9-10(16(2)15-8)18(11(12)14-9)7-6-17-5-3-4-13-17/h3-5H,6-7H2,1-2H3,(H2,12,14). The van der Waals surface area contributed by atoms with Gasteiger partial charge in [0.2, 0.25) is 5.95 Å². The van der Waals surface area contributed by atoms with E-state index in [9.17, 15) is 0 Å². The van der Waals surface area contributed by atoms with Crippen LogP contribution in [0.1, 0.15) is 5.69 Å². The van der Waals surface area contributed by atoms with Crippen molar-refractivity contribution in [3.8, 4) is 0 Å². The molecule has 0 aromatic carbocycles. The summed E-state index contributed by atoms with van der Waals surface area (Å²) in [6.07, 6.45) is 3.69. The molecule has 94 valence electrons. The van der Waals surface area contributed by atoms with Crippen molar-refractivity contribution in [1.29, 1.82) is 0 Å². The minimum Gasteiger partial charge on any atom is -0.369 e. The molecule has 18 heavy (non-hydrogen) atoms. The largest absolute Gasteiger partial charge is 0.369 e. The summed E-state index contributed by atoms with van der Waals surface area (Å²) in [4.78, 5) is 4.36. The lowest BCUT2D eigenvalue weighted by molar-refractivity contribution is 0.538. The van der Waals surface area contributed by atoms with Crippen LogP contribution in [0.25, 0.3) is 11.2 Å². The number of imidazole rings is 1. The predicted octanol–water partition coefficient (Wildman–Crippen LogP) is 0.557. The smallest absolute Gasteiger partial charge is 0.202 e. The van der Waals surface area contributed by atoms with E-state index in [4.69, 9.17) is 5.73 Å². The van der Waals surface area contributed by atoms with Gasteiger partial charge >= 0.3 is 0 Å². The summed E-state index contributed by atoms with van der Waals surface area (Å²) in [6, 6.07) is 1.90. The van der Waals surface area contributed by atoms with E-state index >= 15 is 0 Å². The van der Waals surface area contributed by atoms with Gasteiger partial charge in [-0.1, -0.05) is 0 Å². The van der Waals surface area contributed by atoms with Crippen molar-refractivity contribution in [3.63, 3.8) is 0 Å². The Morgan fingerprint density at radius 1 is 1.33 bits per heavy atom. The number of hydrogen-bond donors (Lipinski definition) is 1. The molecule has 0 fully saturated rings. The van der Waals surface area contributed by atoms with E-state index in [-0.39, 0.29) is 0 Å². The van der Waals surface area contributed by atoms with Crippen molar-refractivity contribution in [3.05, 3.63) is 24.2 Å². The second kappa shape index (κ2) is 3.86. The van der Waals surface area contributed by atoms with E-state index in [1.54, 1.807) is 6.20 Å². The van der Waals surface area contributed by atoms with Crippen LogP contribution in [0, 0.1) is 6.92 Å². The molecule has 0 unspecified atom stereocenters. The van der Waals surface area contributed by atoms with Crippen molar-refractivity contribution in [2.45, 2.75) is 20.0 Å². The molecule has 0 aliphatic heterocycles. The average Bonchev–Trinajstić information content (AvgIpc) is 2.98. The molecule has 3 aromatic heterocycles. The number of nitrogens with two attached hydrogens (primary N) is 1. The predicted molar refractivity (Wildman–Crippen MR) is 67.9 cm³/mol. The van der Waals surface area contributed by atoms with Gasteiger partial charge < -0.3 is 5.73 Å². The molecule has 3 rings (SSSR count). The first-order chi connectivity index (χ1) is 8.66. The summed E-state index contributed by atoms with van der Waals surface area (Å²) in [5, 5.41) is 8.53. The maximum Gasteiger partial charge on any atom is 0.202 e. The summed E-state index contributed by atoms with van der Waals surface area (Å²) < 4.78 is 5.66. The van der Waals surface area contributed by atoms with Crippen LogP contribution >= 0.6 is 0 Å². The van der Waals surface area contributed by atoms with Gasteiger partial charge in [0.25, 0.3) is 0 Å². The van der Waals surface area contributed by atoms with Crippen LogP contribution in [0.5, 0.6) is 0 Å². The fourth-order valence-electron chi connectivity index (χ4n) is 2.21. The van der Waals surface area contributed by atoms with Crippen LogP contribution in [0.4, 0.5) is 5.95 Å². The maximum atomic E-state index is 5.96. The number of anilines is 1. The zero-order valence-corrected chi connectivity index (χ0v) is 10.4. The Balaban J connectivity index is 1.98. The Morgan fingerprint density at radius 3 is 2.89 bits per heavy atom. The lowest BCUT2D eigenvalue weighted by Crippen LogP contribution is -2.12. The summed E-state index contributed by atoms with van der Waals surface area (Å²) in [5.41, 5.74) is 8.68. The number of rotatable bonds is 3. The van der Waals surface area contributed by atoms with Crippen LogP contribution in [0.15, 0.2) is 18.5 Å². The topological polar surface area (TPSA) is 79.5 Å². The third kappa shape index (κ3) is 1.55. The number of hydrogen-bond acceptors (Lipinski definition) is 4. The molecule has 0 radical (unpaired) electrons. The highest BCUT2D eigenvalue weighted by Gasteiger charge is 2.15. The molecular formula is C11H15N7. The number of nitrogens with zero attached hydrogens (tertiary/aromatic N) is 6. The van der Waals surface area contributed by atoms with Gasteiger partial charge in [-0.25, -0.2) is 4.98 Å². The Morgan fingerprint density at radius 2 is 2.17 bits per heavy atom. The van der Waals surface area contributed by atoms with Crippen LogP contribution in [0.2, 0.25) is 0 Å². The monoisotopic (exact) mass is 245 g/mol. The minimum absolute atomic E-state index is 0.522. The number of nitrogen functional groups attached to an aromatic ring is 1. The first-order valence-corrected chi connectivity index (χ1v) is 5.79. The minimum atomic E-state index is 0.522. The van der Waals surface area contributed by atoms with Crippen molar-refractivity contribution in [2.24, 2.45) is 7.05 Å². The molecule has 2 N–H and O–H groups in total. The summed E-state index contributed by atoms with van der Waals surface area (Å²) in [6.45, 7) is 3.42. The third-order valence-electron chi connectivity index (χ3n) is 3.03. The molecular weight excluding hydrogens is 230 g/mol. The lowest BCUT2D eigenvalue weighted by Gasteiger charge is -2.06. The van der Waals surface area contributed by atoms with E-state index < -0.39 is 0 Å². The zero-order chi connectivity index (χ0) is 12.7. The van der Waals surface area contributed by atoms with E-state index in [2.05, 4.69) is 15.2 Å². The highest BCUT2D eigenvalue weighted by atomic mass is 15.4. The molecule has 3 aromatic rings. The van der Waals surface area contributed by atoms with Crippen LogP contribution in [0.3, 0.4) is 0 Å². The van der Waals surface area contributed by atoms with Gasteiger partial charge in [0.1, 0.15) is 5.52 Å². The average molecular weight is 245 g/mol. The summed E-state index contributed by atoms with van der Waals surface area (Å²) in [5.74, 6) is 0.522. The van der Waals surface area contributed by atoms with Gasteiger partial charge in [-0.15, -0.1) is 0 Å². The van der Waals surface area contributed by atoms with Crippen molar-refractivity contribution in [1.82, 2.24) is 29.1 Å². The molecule has 0 spiro atoms. The number of aromatic nitrogens is 6. The van der Waals surface area contributed by atoms with E-state index in [1.165, 1.54) is 0 Å². The molecule has 0 amide bonds. The molecule has 7 nitrogen and oxygen atoms in total. The molecule has 0 aliphatic carbocycles. The molecule has 0 atom stereocenters. The number of fused-ring (bicyclic) bond motifs is 1. The fraction of sp³-hybridized carbons (Fsp3) is 0.364. The van der Waals surface area contributed by atoms with Crippen LogP contribution in [-0.4, -0.2) is 29.1 Å². The van der Waals surface area contributed by atoms with Crippen molar-refractivity contribution >= 4 is 17.1 Å². The molecule has 3 heterocycles. The Bertz CT molecular complexity index is 674. The van der Waals surface area contributed by atoms with Crippen molar-refractivity contribution < 1.29 is 0 Å². The van der Waals surface area contributed by atoms with Gasteiger partial charge in [0.15, 0.2) is 5.65 Å². The third-order valence-corrected chi connectivity index (χ3v) is 3.03. The van der Waals surface area contributed by atoms with Crippen molar-refractivity contribution in [2.75, 3.05) is 5.73 Å². The van der Waals surface area contributed by atoms with Crippen LogP contribution < -0.4 is 5.73 Å². The second-order valence-electron chi connectivity index (χ2n) is 4.27. The fourth-order valence-corrected chi connectivity index (χ4v) is 2.21.